The molecule has 1 amide bonds. The maximum atomic E-state index is 12.2. The summed E-state index contributed by atoms with van der Waals surface area (Å²) in [5.74, 6) is 0.409. The fourth-order valence-electron chi connectivity index (χ4n) is 4.35. The van der Waals surface area contributed by atoms with Crippen LogP contribution in [0.5, 0.6) is 0 Å². The Morgan fingerprint density at radius 3 is 2.68 bits per heavy atom. The van der Waals surface area contributed by atoms with Gasteiger partial charge in [0.2, 0.25) is 0 Å². The van der Waals surface area contributed by atoms with Gasteiger partial charge in [-0.2, -0.15) is 5.10 Å². The second kappa shape index (κ2) is 9.06. The molecule has 4 aromatic rings. The van der Waals surface area contributed by atoms with E-state index in [4.69, 9.17) is 16.5 Å². The van der Waals surface area contributed by atoms with Gasteiger partial charge in [0.05, 0.1) is 29.2 Å². The van der Waals surface area contributed by atoms with E-state index in [0.29, 0.717) is 28.4 Å². The number of carbonyl (C=O) groups is 1. The summed E-state index contributed by atoms with van der Waals surface area (Å²) in [7, 11) is 1.82. The van der Waals surface area contributed by atoms with Crippen molar-refractivity contribution in [1.29, 1.82) is 0 Å². The van der Waals surface area contributed by atoms with Crippen molar-refractivity contribution in [2.24, 2.45) is 18.5 Å². The van der Waals surface area contributed by atoms with E-state index in [-0.39, 0.29) is 17.8 Å². The number of primary amides is 1. The first-order chi connectivity index (χ1) is 16.5. The Hall–Kier alpha value is -4.05. The first kappa shape index (κ1) is 21.8. The first-order valence-electron chi connectivity index (χ1n) is 11.3. The fraction of sp³-hybridized carbons (Fsp3) is 0.292. The average molecular weight is 458 g/mol. The van der Waals surface area contributed by atoms with Gasteiger partial charge >= 0.3 is 0 Å². The normalized spacial score (nSPS) is 18.1. The number of aromatic nitrogens is 5. The van der Waals surface area contributed by atoms with Gasteiger partial charge in [-0.3, -0.25) is 9.48 Å². The molecule has 34 heavy (non-hydrogen) atoms. The summed E-state index contributed by atoms with van der Waals surface area (Å²) in [6.07, 6.45) is 7.55. The zero-order valence-corrected chi connectivity index (χ0v) is 18.9. The molecule has 1 fully saturated rings. The third-order valence-electron chi connectivity index (χ3n) is 6.17. The maximum Gasteiger partial charge on any atom is 0.269 e. The molecule has 0 bridgehead atoms. The molecule has 2 atom stereocenters. The number of aryl methyl sites for hydroxylation is 1. The lowest BCUT2D eigenvalue weighted by molar-refractivity contribution is 0.0996. The SMILES string of the molecule is Cn1ncc2c(Nc3cc(N[C@@H]4CCCC[C@@H]4N)cnc3C(N)=O)nc(-c3ccccc3)nc21. The molecule has 6 N–H and O–H groups in total. The number of hydrogen-bond donors (Lipinski definition) is 4. The van der Waals surface area contributed by atoms with Gasteiger partial charge in [-0.1, -0.05) is 43.2 Å². The van der Waals surface area contributed by atoms with Crippen LogP contribution in [-0.4, -0.2) is 42.7 Å². The summed E-state index contributed by atoms with van der Waals surface area (Å²) in [5.41, 5.74) is 14.8. The zero-order valence-electron chi connectivity index (χ0n) is 18.9. The average Bonchev–Trinajstić information content (AvgIpc) is 3.22. The Labute approximate surface area is 196 Å². The standard InChI is InChI=1S/C24H27N9O/c1-33-24-16(13-28-33)23(31-22(32-24)14-7-3-2-4-8-14)30-19-11-15(12-27-20(19)21(26)34)29-18-10-6-5-9-17(18)25/h2-4,7-8,11-13,17-18,29H,5-6,9-10,25H2,1H3,(H2,26,34)(H,30,31,32)/t17-,18+/m0/s1. The Morgan fingerprint density at radius 2 is 1.91 bits per heavy atom. The van der Waals surface area contributed by atoms with Crippen LogP contribution in [0.4, 0.5) is 17.2 Å². The van der Waals surface area contributed by atoms with Crippen molar-refractivity contribution in [2.45, 2.75) is 37.8 Å². The van der Waals surface area contributed by atoms with E-state index < -0.39 is 5.91 Å². The molecule has 0 unspecified atom stereocenters. The van der Waals surface area contributed by atoms with E-state index >= 15 is 0 Å². The van der Waals surface area contributed by atoms with Crippen molar-refractivity contribution in [3.05, 3.63) is 54.5 Å². The summed E-state index contributed by atoms with van der Waals surface area (Å²) >= 11 is 0. The number of rotatable bonds is 6. The van der Waals surface area contributed by atoms with Gasteiger partial charge < -0.3 is 22.1 Å². The summed E-state index contributed by atoms with van der Waals surface area (Å²) < 4.78 is 1.68. The van der Waals surface area contributed by atoms with Crippen LogP contribution >= 0.6 is 0 Å². The molecule has 1 saturated carbocycles. The largest absolute Gasteiger partial charge is 0.379 e. The molecule has 5 rings (SSSR count). The van der Waals surface area contributed by atoms with Crippen LogP contribution in [0.15, 0.2) is 48.8 Å². The van der Waals surface area contributed by atoms with Crippen molar-refractivity contribution in [1.82, 2.24) is 24.7 Å². The van der Waals surface area contributed by atoms with Crippen molar-refractivity contribution in [2.75, 3.05) is 10.6 Å². The maximum absolute atomic E-state index is 12.2. The number of nitrogens with two attached hydrogens (primary N) is 2. The van der Waals surface area contributed by atoms with Crippen molar-refractivity contribution < 1.29 is 4.79 Å². The highest BCUT2D eigenvalue weighted by molar-refractivity contribution is 5.99. The van der Waals surface area contributed by atoms with Gasteiger partial charge in [-0.05, 0) is 18.9 Å². The van der Waals surface area contributed by atoms with Crippen LogP contribution in [0, 0.1) is 0 Å². The first-order valence-corrected chi connectivity index (χ1v) is 11.3. The van der Waals surface area contributed by atoms with Gasteiger partial charge in [-0.15, -0.1) is 0 Å². The number of nitrogens with one attached hydrogen (secondary N) is 2. The third kappa shape index (κ3) is 4.27. The van der Waals surface area contributed by atoms with Crippen LogP contribution in [0.25, 0.3) is 22.4 Å². The minimum atomic E-state index is -0.636. The molecule has 10 heteroatoms. The number of carbonyl (C=O) groups excluding carboxylic acids is 1. The Morgan fingerprint density at radius 1 is 1.12 bits per heavy atom. The quantitative estimate of drug-likeness (QED) is 0.345. The lowest BCUT2D eigenvalue weighted by Crippen LogP contribution is -2.42. The summed E-state index contributed by atoms with van der Waals surface area (Å²) in [4.78, 5) is 25.9. The number of nitrogens with zero attached hydrogens (tertiary/aromatic N) is 5. The van der Waals surface area contributed by atoms with Gasteiger partial charge in [0.25, 0.3) is 5.91 Å². The number of hydrogen-bond acceptors (Lipinski definition) is 8. The highest BCUT2D eigenvalue weighted by Gasteiger charge is 2.23. The number of amides is 1. The predicted octanol–water partition coefficient (Wildman–Crippen LogP) is 2.95. The zero-order chi connectivity index (χ0) is 23.7. The van der Waals surface area contributed by atoms with Crippen molar-refractivity contribution in [3.63, 3.8) is 0 Å². The van der Waals surface area contributed by atoms with Crippen molar-refractivity contribution >= 4 is 34.1 Å². The van der Waals surface area contributed by atoms with E-state index in [1.165, 1.54) is 0 Å². The van der Waals surface area contributed by atoms with Crippen LogP contribution in [0.1, 0.15) is 36.2 Å². The van der Waals surface area contributed by atoms with Gasteiger partial charge in [0.15, 0.2) is 17.2 Å². The molecule has 0 radical (unpaired) electrons. The topological polar surface area (TPSA) is 150 Å². The second-order valence-corrected chi connectivity index (χ2v) is 8.58. The summed E-state index contributed by atoms with van der Waals surface area (Å²) in [6, 6.07) is 11.7. The van der Waals surface area contributed by atoms with Crippen LogP contribution < -0.4 is 22.1 Å². The molecule has 1 aliphatic carbocycles. The molecule has 0 saturated heterocycles. The highest BCUT2D eigenvalue weighted by atomic mass is 16.1. The van der Waals surface area contributed by atoms with E-state index in [1.807, 2.05) is 43.4 Å². The lowest BCUT2D eigenvalue weighted by atomic mass is 9.91. The van der Waals surface area contributed by atoms with Gasteiger partial charge in [-0.25, -0.2) is 15.0 Å². The molecule has 174 valence electrons. The Kier molecular flexibility index (Phi) is 5.81. The number of fused-ring (bicyclic) bond motifs is 1. The van der Waals surface area contributed by atoms with Gasteiger partial charge in [0, 0.05) is 24.7 Å². The number of pyridine rings is 1. The minimum Gasteiger partial charge on any atom is -0.379 e. The Balaban J connectivity index is 1.55. The smallest absolute Gasteiger partial charge is 0.269 e. The monoisotopic (exact) mass is 457 g/mol. The summed E-state index contributed by atoms with van der Waals surface area (Å²) in [5, 5.41) is 11.8. The third-order valence-corrected chi connectivity index (χ3v) is 6.17. The van der Waals surface area contributed by atoms with Crippen LogP contribution in [0.3, 0.4) is 0 Å². The lowest BCUT2D eigenvalue weighted by Gasteiger charge is -2.30. The van der Waals surface area contributed by atoms with Gasteiger partial charge in [0.1, 0.15) is 5.82 Å². The molecule has 3 aromatic heterocycles. The predicted molar refractivity (Wildman–Crippen MR) is 132 cm³/mol. The van der Waals surface area contributed by atoms with Crippen LogP contribution in [0.2, 0.25) is 0 Å². The molecule has 3 heterocycles. The number of anilines is 3. The second-order valence-electron chi connectivity index (χ2n) is 8.58. The van der Waals surface area contributed by atoms with E-state index in [2.05, 4.69) is 25.7 Å². The number of benzene rings is 1. The van der Waals surface area contributed by atoms with E-state index in [0.717, 1.165) is 36.9 Å². The van der Waals surface area contributed by atoms with E-state index in [9.17, 15) is 4.79 Å². The summed E-state index contributed by atoms with van der Waals surface area (Å²) in [6.45, 7) is 0. The van der Waals surface area contributed by atoms with Crippen LogP contribution in [-0.2, 0) is 7.05 Å². The highest BCUT2D eigenvalue weighted by Crippen LogP contribution is 2.30. The molecular formula is C24H27N9O. The fourth-order valence-corrected chi connectivity index (χ4v) is 4.35. The molecule has 0 aliphatic heterocycles. The minimum absolute atomic E-state index is 0.0753. The molecule has 0 spiro atoms. The Bertz CT molecular complexity index is 1340. The molecule has 10 nitrogen and oxygen atoms in total. The molecule has 1 aliphatic rings. The molecular weight excluding hydrogens is 430 g/mol. The van der Waals surface area contributed by atoms with Crippen molar-refractivity contribution in [3.8, 4) is 11.4 Å². The molecule has 1 aromatic carbocycles. The van der Waals surface area contributed by atoms with E-state index in [1.54, 1.807) is 17.1 Å².